The van der Waals surface area contributed by atoms with Gasteiger partial charge in [-0.2, -0.15) is 0 Å². The van der Waals surface area contributed by atoms with E-state index in [1.165, 1.54) is 32.1 Å². The van der Waals surface area contributed by atoms with Crippen LogP contribution in [0.5, 0.6) is 0 Å². The van der Waals surface area contributed by atoms with Crippen molar-refractivity contribution in [3.63, 3.8) is 0 Å². The predicted octanol–water partition coefficient (Wildman–Crippen LogP) is 3.36. The standard InChI is InChI=1S/C13H29NO/c1-5-8-9-10-15-12(4)11-14-13(6-2)7-3/h12-14H,5-11H2,1-4H3. The highest BCUT2D eigenvalue weighted by Crippen LogP contribution is 2.00. The lowest BCUT2D eigenvalue weighted by Crippen LogP contribution is -2.34. The summed E-state index contributed by atoms with van der Waals surface area (Å²) in [5.41, 5.74) is 0. The van der Waals surface area contributed by atoms with Gasteiger partial charge in [-0.3, -0.25) is 0 Å². The van der Waals surface area contributed by atoms with E-state index in [9.17, 15) is 0 Å². The summed E-state index contributed by atoms with van der Waals surface area (Å²) >= 11 is 0. The summed E-state index contributed by atoms with van der Waals surface area (Å²) in [6.07, 6.45) is 6.52. The van der Waals surface area contributed by atoms with Crippen molar-refractivity contribution in [1.82, 2.24) is 5.32 Å². The Labute approximate surface area is 95.8 Å². The molecule has 0 radical (unpaired) electrons. The van der Waals surface area contributed by atoms with Gasteiger partial charge in [0.25, 0.3) is 0 Å². The van der Waals surface area contributed by atoms with Crippen molar-refractivity contribution in [3.05, 3.63) is 0 Å². The van der Waals surface area contributed by atoms with E-state index in [2.05, 4.69) is 33.0 Å². The number of hydrogen-bond donors (Lipinski definition) is 1. The minimum Gasteiger partial charge on any atom is -0.377 e. The second-order valence-electron chi connectivity index (χ2n) is 4.31. The molecule has 15 heavy (non-hydrogen) atoms. The maximum atomic E-state index is 5.72. The molecule has 1 atom stereocenters. The number of ether oxygens (including phenoxy) is 1. The van der Waals surface area contributed by atoms with Crippen LogP contribution in [0.3, 0.4) is 0 Å². The van der Waals surface area contributed by atoms with Crippen LogP contribution < -0.4 is 5.32 Å². The third kappa shape index (κ3) is 8.88. The van der Waals surface area contributed by atoms with Crippen molar-refractivity contribution >= 4 is 0 Å². The minimum absolute atomic E-state index is 0.349. The van der Waals surface area contributed by atoms with Crippen LogP contribution in [0.4, 0.5) is 0 Å². The quantitative estimate of drug-likeness (QED) is 0.564. The lowest BCUT2D eigenvalue weighted by molar-refractivity contribution is 0.0611. The fourth-order valence-electron chi connectivity index (χ4n) is 1.61. The smallest absolute Gasteiger partial charge is 0.0671 e. The molecule has 0 aliphatic carbocycles. The van der Waals surface area contributed by atoms with Gasteiger partial charge in [-0.15, -0.1) is 0 Å². The Hall–Kier alpha value is -0.0800. The van der Waals surface area contributed by atoms with Crippen LogP contribution in [0.1, 0.15) is 59.8 Å². The van der Waals surface area contributed by atoms with Gasteiger partial charge in [0.15, 0.2) is 0 Å². The molecule has 0 rings (SSSR count). The number of hydrogen-bond acceptors (Lipinski definition) is 2. The number of unbranched alkanes of at least 4 members (excludes halogenated alkanes) is 2. The molecule has 1 unspecified atom stereocenters. The SMILES string of the molecule is CCCCCOC(C)CNC(CC)CC. The summed E-state index contributed by atoms with van der Waals surface area (Å²) < 4.78 is 5.72. The maximum absolute atomic E-state index is 5.72. The normalized spacial score (nSPS) is 13.4. The average Bonchev–Trinajstić information content (AvgIpc) is 2.26. The van der Waals surface area contributed by atoms with Gasteiger partial charge in [0.1, 0.15) is 0 Å². The molecular weight excluding hydrogens is 186 g/mol. The molecule has 0 aromatic carbocycles. The Morgan fingerprint density at radius 3 is 2.27 bits per heavy atom. The zero-order valence-electron chi connectivity index (χ0n) is 11.0. The summed E-state index contributed by atoms with van der Waals surface area (Å²) in [5.74, 6) is 0. The van der Waals surface area contributed by atoms with Gasteiger partial charge >= 0.3 is 0 Å². The zero-order chi connectivity index (χ0) is 11.5. The van der Waals surface area contributed by atoms with Crippen molar-refractivity contribution in [2.24, 2.45) is 0 Å². The van der Waals surface area contributed by atoms with Gasteiger partial charge in [0, 0.05) is 19.2 Å². The Morgan fingerprint density at radius 1 is 1.07 bits per heavy atom. The van der Waals surface area contributed by atoms with Crippen molar-refractivity contribution in [2.45, 2.75) is 71.9 Å². The van der Waals surface area contributed by atoms with Crippen molar-refractivity contribution in [2.75, 3.05) is 13.2 Å². The van der Waals surface area contributed by atoms with Crippen molar-refractivity contribution < 1.29 is 4.74 Å². The van der Waals surface area contributed by atoms with E-state index in [4.69, 9.17) is 4.74 Å². The average molecular weight is 215 g/mol. The Morgan fingerprint density at radius 2 is 1.73 bits per heavy atom. The Kier molecular flexibility index (Phi) is 10.4. The molecule has 0 aliphatic rings. The van der Waals surface area contributed by atoms with Crippen LogP contribution in [0, 0.1) is 0 Å². The third-order valence-electron chi connectivity index (χ3n) is 2.83. The van der Waals surface area contributed by atoms with E-state index < -0.39 is 0 Å². The topological polar surface area (TPSA) is 21.3 Å². The second-order valence-corrected chi connectivity index (χ2v) is 4.31. The molecule has 0 saturated carbocycles. The predicted molar refractivity (Wildman–Crippen MR) is 67.3 cm³/mol. The van der Waals surface area contributed by atoms with Gasteiger partial charge < -0.3 is 10.1 Å². The highest BCUT2D eigenvalue weighted by Gasteiger charge is 2.05. The molecule has 0 heterocycles. The van der Waals surface area contributed by atoms with Crippen molar-refractivity contribution in [1.29, 1.82) is 0 Å². The van der Waals surface area contributed by atoms with Gasteiger partial charge in [-0.25, -0.2) is 0 Å². The number of rotatable bonds is 10. The van der Waals surface area contributed by atoms with E-state index in [1.807, 2.05) is 0 Å². The molecule has 2 nitrogen and oxygen atoms in total. The van der Waals surface area contributed by atoms with Crippen LogP contribution in [0.2, 0.25) is 0 Å². The van der Waals surface area contributed by atoms with Gasteiger partial charge in [0.05, 0.1) is 6.10 Å². The Balaban J connectivity index is 3.35. The van der Waals surface area contributed by atoms with Gasteiger partial charge in [-0.05, 0) is 26.2 Å². The minimum atomic E-state index is 0.349. The highest BCUT2D eigenvalue weighted by atomic mass is 16.5. The lowest BCUT2D eigenvalue weighted by atomic mass is 10.1. The third-order valence-corrected chi connectivity index (χ3v) is 2.83. The summed E-state index contributed by atoms with van der Waals surface area (Å²) in [5, 5.41) is 3.53. The molecule has 1 N–H and O–H groups in total. The summed E-state index contributed by atoms with van der Waals surface area (Å²) in [6.45, 7) is 10.7. The van der Waals surface area contributed by atoms with E-state index in [1.54, 1.807) is 0 Å². The maximum Gasteiger partial charge on any atom is 0.0671 e. The van der Waals surface area contributed by atoms with Crippen LogP contribution in [-0.2, 0) is 4.74 Å². The fourth-order valence-corrected chi connectivity index (χ4v) is 1.61. The van der Waals surface area contributed by atoms with Gasteiger partial charge in [-0.1, -0.05) is 33.6 Å². The number of nitrogens with one attached hydrogen (secondary N) is 1. The molecule has 0 saturated heterocycles. The molecule has 0 aromatic heterocycles. The van der Waals surface area contributed by atoms with E-state index >= 15 is 0 Å². The molecule has 0 aromatic rings. The summed E-state index contributed by atoms with van der Waals surface area (Å²) in [7, 11) is 0. The molecule has 92 valence electrons. The molecule has 0 amide bonds. The Bertz CT molecular complexity index is 124. The van der Waals surface area contributed by atoms with Crippen LogP contribution in [0.15, 0.2) is 0 Å². The fraction of sp³-hybridized carbons (Fsp3) is 1.00. The van der Waals surface area contributed by atoms with E-state index in [0.29, 0.717) is 12.1 Å². The van der Waals surface area contributed by atoms with Crippen LogP contribution in [-0.4, -0.2) is 25.3 Å². The van der Waals surface area contributed by atoms with Crippen molar-refractivity contribution in [3.8, 4) is 0 Å². The monoisotopic (exact) mass is 215 g/mol. The first-order valence-electron chi connectivity index (χ1n) is 6.59. The first-order valence-corrected chi connectivity index (χ1v) is 6.59. The molecular formula is C13H29NO. The largest absolute Gasteiger partial charge is 0.377 e. The molecule has 0 bridgehead atoms. The van der Waals surface area contributed by atoms with Gasteiger partial charge in [0.2, 0.25) is 0 Å². The van der Waals surface area contributed by atoms with Crippen LogP contribution >= 0.6 is 0 Å². The molecule has 0 fully saturated rings. The lowest BCUT2D eigenvalue weighted by Gasteiger charge is -2.19. The van der Waals surface area contributed by atoms with E-state index in [-0.39, 0.29) is 0 Å². The molecule has 2 heteroatoms. The first-order chi connectivity index (χ1) is 7.24. The highest BCUT2D eigenvalue weighted by molar-refractivity contribution is 4.64. The first kappa shape index (κ1) is 14.9. The summed E-state index contributed by atoms with van der Waals surface area (Å²) in [6, 6.07) is 0.659. The van der Waals surface area contributed by atoms with E-state index in [0.717, 1.165) is 13.2 Å². The zero-order valence-corrected chi connectivity index (χ0v) is 11.0. The summed E-state index contributed by atoms with van der Waals surface area (Å²) in [4.78, 5) is 0. The molecule has 0 spiro atoms. The molecule has 0 aliphatic heterocycles. The van der Waals surface area contributed by atoms with Crippen LogP contribution in [0.25, 0.3) is 0 Å². The second kappa shape index (κ2) is 10.4.